The Hall–Kier alpha value is -3.68. The highest BCUT2D eigenvalue weighted by Crippen LogP contribution is 2.34. The van der Waals surface area contributed by atoms with E-state index in [0.717, 1.165) is 10.0 Å². The number of carboxylic acids is 2. The number of para-hydroxylation sites is 2. The van der Waals surface area contributed by atoms with Crippen molar-refractivity contribution in [2.24, 2.45) is 11.8 Å². The van der Waals surface area contributed by atoms with Gasteiger partial charge in [-0.15, -0.1) is 0 Å². The molecule has 2 N–H and O–H groups in total. The van der Waals surface area contributed by atoms with Crippen molar-refractivity contribution in [3.05, 3.63) is 60.7 Å². The second-order valence-corrected chi connectivity index (χ2v) is 5.60. The van der Waals surface area contributed by atoms with Gasteiger partial charge in [0.25, 0.3) is 11.8 Å². The van der Waals surface area contributed by atoms with Gasteiger partial charge in [0.05, 0.1) is 11.4 Å². The predicted molar refractivity (Wildman–Crippen MR) is 90.1 cm³/mol. The number of nitrogens with zero attached hydrogens (tertiary/aromatic N) is 2. The minimum atomic E-state index is -2.17. The maximum Gasteiger partial charge on any atom is 0.319 e. The van der Waals surface area contributed by atoms with Crippen LogP contribution in [0.4, 0.5) is 11.4 Å². The van der Waals surface area contributed by atoms with Gasteiger partial charge in [-0.1, -0.05) is 36.4 Å². The number of hydrazine groups is 1. The fourth-order valence-electron chi connectivity index (χ4n) is 2.87. The number of carbonyl (C=O) groups excluding carboxylic acids is 2. The van der Waals surface area contributed by atoms with Crippen LogP contribution in [-0.4, -0.2) is 34.0 Å². The number of hydrogen-bond acceptors (Lipinski definition) is 4. The third-order valence-corrected chi connectivity index (χ3v) is 4.02. The van der Waals surface area contributed by atoms with Gasteiger partial charge in [-0.05, 0) is 24.3 Å². The first-order valence-electron chi connectivity index (χ1n) is 7.67. The molecule has 0 atom stereocenters. The van der Waals surface area contributed by atoms with Gasteiger partial charge in [-0.2, -0.15) is 0 Å². The molecule has 0 spiro atoms. The lowest BCUT2D eigenvalue weighted by Crippen LogP contribution is -2.41. The normalized spacial score (nSPS) is 15.0. The van der Waals surface area contributed by atoms with E-state index in [1.807, 2.05) is 0 Å². The lowest BCUT2D eigenvalue weighted by molar-refractivity contribution is -0.160. The van der Waals surface area contributed by atoms with Crippen molar-refractivity contribution in [3.63, 3.8) is 0 Å². The summed E-state index contributed by atoms with van der Waals surface area (Å²) in [5.74, 6) is -9.32. The number of benzene rings is 2. The van der Waals surface area contributed by atoms with E-state index in [-0.39, 0.29) is 0 Å². The second kappa shape index (κ2) is 6.67. The van der Waals surface area contributed by atoms with Crippen LogP contribution in [0.1, 0.15) is 0 Å². The van der Waals surface area contributed by atoms with Crippen molar-refractivity contribution < 1.29 is 29.4 Å². The van der Waals surface area contributed by atoms with Gasteiger partial charge < -0.3 is 10.2 Å². The van der Waals surface area contributed by atoms with E-state index < -0.39 is 35.6 Å². The average Bonchev–Trinajstić information content (AvgIpc) is 2.88. The van der Waals surface area contributed by atoms with Gasteiger partial charge in [0.15, 0.2) is 5.92 Å². The second-order valence-electron chi connectivity index (χ2n) is 5.60. The Morgan fingerprint density at radius 3 is 1.38 bits per heavy atom. The van der Waals surface area contributed by atoms with Gasteiger partial charge >= 0.3 is 11.9 Å². The molecule has 1 fully saturated rings. The number of rotatable bonds is 5. The minimum absolute atomic E-state index is 0.326. The average molecular weight is 354 g/mol. The summed E-state index contributed by atoms with van der Waals surface area (Å²) in [6, 6.07) is 16.3. The highest BCUT2D eigenvalue weighted by molar-refractivity contribution is 6.26. The number of anilines is 2. The van der Waals surface area contributed by atoms with Crippen molar-refractivity contribution in [1.82, 2.24) is 0 Å². The molecule has 0 saturated carbocycles. The van der Waals surface area contributed by atoms with Crippen LogP contribution < -0.4 is 10.0 Å². The van der Waals surface area contributed by atoms with Crippen molar-refractivity contribution >= 4 is 35.1 Å². The smallest absolute Gasteiger partial charge is 0.319 e. The van der Waals surface area contributed by atoms with Gasteiger partial charge in [0, 0.05) is 0 Å². The van der Waals surface area contributed by atoms with Crippen LogP contribution in [0.3, 0.4) is 0 Å². The Bertz CT molecular complexity index is 796. The Morgan fingerprint density at radius 1 is 0.731 bits per heavy atom. The van der Waals surface area contributed by atoms with Gasteiger partial charge in [0.2, 0.25) is 0 Å². The van der Waals surface area contributed by atoms with Gasteiger partial charge in [-0.25, -0.2) is 10.0 Å². The van der Waals surface area contributed by atoms with Crippen molar-refractivity contribution in [3.8, 4) is 0 Å². The largest absolute Gasteiger partial charge is 0.481 e. The minimum Gasteiger partial charge on any atom is -0.481 e. The topological polar surface area (TPSA) is 115 Å². The molecule has 8 heteroatoms. The monoisotopic (exact) mass is 354 g/mol. The summed E-state index contributed by atoms with van der Waals surface area (Å²) >= 11 is 0. The lowest BCUT2D eigenvalue weighted by Gasteiger charge is -2.27. The summed E-state index contributed by atoms with van der Waals surface area (Å²) in [5, 5.41) is 20.5. The predicted octanol–water partition coefficient (Wildman–Crippen LogP) is 1.38. The van der Waals surface area contributed by atoms with E-state index in [1.165, 1.54) is 0 Å². The fourth-order valence-corrected chi connectivity index (χ4v) is 2.87. The quantitative estimate of drug-likeness (QED) is 0.784. The first-order chi connectivity index (χ1) is 12.4. The first kappa shape index (κ1) is 17.2. The SMILES string of the molecule is O=C(O)C(C(=O)O)C1C(=O)N(c2ccccc2)N(c2ccccc2)C1=O. The molecule has 0 bridgehead atoms. The van der Waals surface area contributed by atoms with Crippen LogP contribution in [0.15, 0.2) is 60.7 Å². The molecular formula is C18H14N2O6. The van der Waals surface area contributed by atoms with E-state index in [2.05, 4.69) is 0 Å². The zero-order valence-corrected chi connectivity index (χ0v) is 13.4. The van der Waals surface area contributed by atoms with E-state index in [9.17, 15) is 29.4 Å². The summed E-state index contributed by atoms with van der Waals surface area (Å²) in [6.07, 6.45) is 0. The zero-order chi connectivity index (χ0) is 18.8. The Kier molecular flexibility index (Phi) is 4.40. The molecule has 0 aromatic heterocycles. The molecule has 0 unspecified atom stereocenters. The highest BCUT2D eigenvalue weighted by Gasteiger charge is 2.55. The summed E-state index contributed by atoms with van der Waals surface area (Å²) < 4.78 is 0. The molecule has 2 aromatic carbocycles. The summed E-state index contributed by atoms with van der Waals surface area (Å²) in [6.45, 7) is 0. The van der Waals surface area contributed by atoms with Crippen LogP contribution >= 0.6 is 0 Å². The first-order valence-corrected chi connectivity index (χ1v) is 7.67. The summed E-state index contributed by atoms with van der Waals surface area (Å²) in [7, 11) is 0. The molecule has 8 nitrogen and oxygen atoms in total. The molecule has 1 saturated heterocycles. The van der Waals surface area contributed by atoms with Crippen LogP contribution in [0.5, 0.6) is 0 Å². The third kappa shape index (κ3) is 2.77. The van der Waals surface area contributed by atoms with Crippen LogP contribution in [0.2, 0.25) is 0 Å². The fraction of sp³-hybridized carbons (Fsp3) is 0.111. The Labute approximate surface area is 147 Å². The molecule has 1 heterocycles. The standard InChI is InChI=1S/C18H14N2O6/c21-15-13(14(17(23)24)18(25)26)16(22)20(12-9-5-2-6-10-12)19(15)11-7-3-1-4-8-11/h1-10,13-14H,(H,23,24)(H,25,26). The van der Waals surface area contributed by atoms with Crippen LogP contribution in [0.25, 0.3) is 0 Å². The summed E-state index contributed by atoms with van der Waals surface area (Å²) in [5.41, 5.74) is 0.651. The molecule has 0 aliphatic carbocycles. The molecule has 1 aliphatic heterocycles. The molecule has 132 valence electrons. The van der Waals surface area contributed by atoms with Crippen molar-refractivity contribution in [2.45, 2.75) is 0 Å². The Morgan fingerprint density at radius 2 is 1.08 bits per heavy atom. The lowest BCUT2D eigenvalue weighted by atomic mass is 9.91. The zero-order valence-electron chi connectivity index (χ0n) is 13.4. The molecule has 3 rings (SSSR count). The maximum absolute atomic E-state index is 12.9. The molecule has 2 aromatic rings. The van der Waals surface area contributed by atoms with E-state index in [0.29, 0.717) is 11.4 Å². The van der Waals surface area contributed by atoms with Gasteiger partial charge in [-0.3, -0.25) is 19.2 Å². The molecule has 1 aliphatic rings. The van der Waals surface area contributed by atoms with Crippen LogP contribution in [-0.2, 0) is 19.2 Å². The molecule has 0 radical (unpaired) electrons. The van der Waals surface area contributed by atoms with Crippen molar-refractivity contribution in [2.75, 3.05) is 10.0 Å². The number of hydrogen-bond donors (Lipinski definition) is 2. The van der Waals surface area contributed by atoms with Gasteiger partial charge in [0.1, 0.15) is 5.92 Å². The van der Waals surface area contributed by atoms with E-state index in [4.69, 9.17) is 0 Å². The summed E-state index contributed by atoms with van der Waals surface area (Å²) in [4.78, 5) is 48.5. The number of carbonyl (C=O) groups is 4. The Balaban J connectivity index is 2.15. The number of amides is 2. The van der Waals surface area contributed by atoms with E-state index in [1.54, 1.807) is 60.7 Å². The molecule has 2 amide bonds. The highest BCUT2D eigenvalue weighted by atomic mass is 16.4. The number of carboxylic acid groups (broad SMARTS) is 2. The van der Waals surface area contributed by atoms with E-state index >= 15 is 0 Å². The molecule has 26 heavy (non-hydrogen) atoms. The third-order valence-electron chi connectivity index (χ3n) is 4.02. The maximum atomic E-state index is 12.9. The molecular weight excluding hydrogens is 340 g/mol. The number of aliphatic carboxylic acids is 2. The van der Waals surface area contributed by atoms with Crippen LogP contribution in [0, 0.1) is 11.8 Å². The van der Waals surface area contributed by atoms with Crippen molar-refractivity contribution in [1.29, 1.82) is 0 Å².